The molecule has 1 N–H and O–H groups in total. The molecule has 0 radical (unpaired) electrons. The fourth-order valence-corrected chi connectivity index (χ4v) is 4.14. The van der Waals surface area contributed by atoms with Gasteiger partial charge in [-0.25, -0.2) is 4.39 Å². The maximum Gasteiger partial charge on any atom is 0.123 e. The molecule has 2 atom stereocenters. The van der Waals surface area contributed by atoms with Gasteiger partial charge in [-0.1, -0.05) is 0 Å². The fourth-order valence-electron chi connectivity index (χ4n) is 2.81. The molecule has 86 valence electrons. The van der Waals surface area contributed by atoms with Crippen molar-refractivity contribution in [2.75, 3.05) is 0 Å². The van der Waals surface area contributed by atoms with Crippen LogP contribution in [0.15, 0.2) is 29.2 Å². The number of hydrogen-bond acceptors (Lipinski definition) is 2. The zero-order chi connectivity index (χ0) is 11.0. The molecule has 3 rings (SSSR count). The zero-order valence-electron chi connectivity index (χ0n) is 9.16. The van der Waals surface area contributed by atoms with Crippen LogP contribution < -0.4 is 5.32 Å². The van der Waals surface area contributed by atoms with Crippen LogP contribution in [0.3, 0.4) is 0 Å². The van der Waals surface area contributed by atoms with E-state index in [-0.39, 0.29) is 5.82 Å². The van der Waals surface area contributed by atoms with Crippen LogP contribution in [0.4, 0.5) is 4.39 Å². The molecule has 0 amide bonds. The Morgan fingerprint density at radius 3 is 2.31 bits per heavy atom. The van der Waals surface area contributed by atoms with E-state index in [9.17, 15) is 4.39 Å². The first-order valence-electron chi connectivity index (χ1n) is 5.98. The molecule has 2 heterocycles. The predicted molar refractivity (Wildman–Crippen MR) is 65.2 cm³/mol. The third-order valence-electron chi connectivity index (χ3n) is 3.55. The van der Waals surface area contributed by atoms with E-state index in [1.807, 2.05) is 23.9 Å². The van der Waals surface area contributed by atoms with Crippen molar-refractivity contribution < 1.29 is 4.39 Å². The molecule has 1 nitrogen and oxygen atoms in total. The van der Waals surface area contributed by atoms with Crippen LogP contribution >= 0.6 is 11.8 Å². The van der Waals surface area contributed by atoms with Gasteiger partial charge < -0.3 is 5.32 Å². The van der Waals surface area contributed by atoms with Crippen molar-refractivity contribution >= 4 is 11.8 Å². The molecule has 0 spiro atoms. The van der Waals surface area contributed by atoms with Crippen LogP contribution in [0.1, 0.15) is 25.7 Å². The normalized spacial score (nSPS) is 32.9. The SMILES string of the molecule is Fc1ccc(SC2C[C@@H]3CC[C@@H](C2)N3)cc1. The van der Waals surface area contributed by atoms with E-state index in [2.05, 4.69) is 5.32 Å². The molecule has 2 saturated heterocycles. The van der Waals surface area contributed by atoms with Crippen molar-refractivity contribution in [1.29, 1.82) is 0 Å². The number of piperidine rings is 1. The van der Waals surface area contributed by atoms with E-state index >= 15 is 0 Å². The number of hydrogen-bond donors (Lipinski definition) is 1. The Bertz CT molecular complexity index is 353. The summed E-state index contributed by atoms with van der Waals surface area (Å²) in [7, 11) is 0. The zero-order valence-corrected chi connectivity index (χ0v) is 9.97. The Morgan fingerprint density at radius 1 is 1.06 bits per heavy atom. The van der Waals surface area contributed by atoms with Crippen LogP contribution in [-0.2, 0) is 0 Å². The molecular weight excluding hydrogens is 221 g/mol. The Kier molecular flexibility index (Phi) is 2.90. The van der Waals surface area contributed by atoms with Gasteiger partial charge in [-0.15, -0.1) is 11.8 Å². The summed E-state index contributed by atoms with van der Waals surface area (Å²) in [4.78, 5) is 1.20. The van der Waals surface area contributed by atoms with Crippen molar-refractivity contribution in [1.82, 2.24) is 5.32 Å². The third kappa shape index (κ3) is 2.25. The second-order valence-electron chi connectivity index (χ2n) is 4.80. The average Bonchev–Trinajstić information content (AvgIpc) is 2.62. The van der Waals surface area contributed by atoms with Gasteiger partial charge in [0.05, 0.1) is 0 Å². The quantitative estimate of drug-likeness (QED) is 0.847. The fraction of sp³-hybridized carbons (Fsp3) is 0.538. The van der Waals surface area contributed by atoms with E-state index in [1.54, 1.807) is 12.1 Å². The Hall–Kier alpha value is -0.540. The summed E-state index contributed by atoms with van der Waals surface area (Å²) in [5, 5.41) is 4.35. The van der Waals surface area contributed by atoms with Gasteiger partial charge in [-0.2, -0.15) is 0 Å². The summed E-state index contributed by atoms with van der Waals surface area (Å²) < 4.78 is 12.8. The van der Waals surface area contributed by atoms with Gasteiger partial charge in [0.1, 0.15) is 5.82 Å². The number of thioether (sulfide) groups is 1. The second-order valence-corrected chi connectivity index (χ2v) is 6.18. The van der Waals surface area contributed by atoms with Crippen molar-refractivity contribution in [3.05, 3.63) is 30.1 Å². The molecule has 2 bridgehead atoms. The van der Waals surface area contributed by atoms with E-state index in [1.165, 1.54) is 30.6 Å². The Morgan fingerprint density at radius 2 is 1.69 bits per heavy atom. The van der Waals surface area contributed by atoms with Gasteiger partial charge in [-0.3, -0.25) is 0 Å². The number of fused-ring (bicyclic) bond motifs is 2. The number of rotatable bonds is 2. The van der Waals surface area contributed by atoms with Gasteiger partial charge in [0.15, 0.2) is 0 Å². The van der Waals surface area contributed by atoms with Gasteiger partial charge >= 0.3 is 0 Å². The molecule has 1 aromatic rings. The lowest BCUT2D eigenvalue weighted by atomic mass is 10.1. The average molecular weight is 237 g/mol. The van der Waals surface area contributed by atoms with Crippen LogP contribution in [0, 0.1) is 5.82 Å². The standard InChI is InChI=1S/C13H16FNS/c14-9-1-5-12(6-2-9)16-13-7-10-3-4-11(8-13)15-10/h1-2,5-6,10-11,13,15H,3-4,7-8H2/t10-,11-/m0/s1. The Labute approximate surface area is 99.8 Å². The highest BCUT2D eigenvalue weighted by Crippen LogP contribution is 2.36. The molecule has 0 unspecified atom stereocenters. The molecule has 2 fully saturated rings. The molecule has 3 heteroatoms. The molecule has 2 aliphatic heterocycles. The minimum absolute atomic E-state index is 0.144. The van der Waals surface area contributed by atoms with Gasteiger partial charge in [-0.05, 0) is 49.9 Å². The third-order valence-corrected chi connectivity index (χ3v) is 4.81. The summed E-state index contributed by atoms with van der Waals surface area (Å²) in [5.74, 6) is -0.144. The lowest BCUT2D eigenvalue weighted by Crippen LogP contribution is -2.39. The first-order chi connectivity index (χ1) is 7.79. The minimum Gasteiger partial charge on any atom is -0.311 e. The van der Waals surface area contributed by atoms with Gasteiger partial charge in [0.25, 0.3) is 0 Å². The molecule has 1 aromatic carbocycles. The summed E-state index contributed by atoms with van der Waals surface area (Å²) in [6.07, 6.45) is 5.20. The molecule has 16 heavy (non-hydrogen) atoms. The van der Waals surface area contributed by atoms with Crippen LogP contribution in [0.5, 0.6) is 0 Å². The molecule has 2 aliphatic rings. The highest BCUT2D eigenvalue weighted by Gasteiger charge is 2.33. The summed E-state index contributed by atoms with van der Waals surface area (Å²) in [6, 6.07) is 8.36. The maximum atomic E-state index is 12.8. The largest absolute Gasteiger partial charge is 0.311 e. The smallest absolute Gasteiger partial charge is 0.123 e. The number of benzene rings is 1. The van der Waals surface area contributed by atoms with Crippen molar-refractivity contribution in [2.24, 2.45) is 0 Å². The van der Waals surface area contributed by atoms with Crippen LogP contribution in [-0.4, -0.2) is 17.3 Å². The summed E-state index contributed by atoms with van der Waals surface area (Å²) in [5.41, 5.74) is 0. The van der Waals surface area contributed by atoms with E-state index in [0.29, 0.717) is 5.25 Å². The summed E-state index contributed by atoms with van der Waals surface area (Å²) >= 11 is 1.91. The Balaban J connectivity index is 1.64. The van der Waals surface area contributed by atoms with Crippen LogP contribution in [0.2, 0.25) is 0 Å². The number of halogens is 1. The lowest BCUT2D eigenvalue weighted by molar-refractivity contribution is 0.415. The van der Waals surface area contributed by atoms with Crippen molar-refractivity contribution in [2.45, 2.75) is 47.9 Å². The second kappa shape index (κ2) is 4.38. The van der Waals surface area contributed by atoms with Gasteiger partial charge in [0.2, 0.25) is 0 Å². The highest BCUT2D eigenvalue weighted by atomic mass is 32.2. The van der Waals surface area contributed by atoms with Crippen molar-refractivity contribution in [3.8, 4) is 0 Å². The molecule has 0 aromatic heterocycles. The topological polar surface area (TPSA) is 12.0 Å². The van der Waals surface area contributed by atoms with E-state index in [0.717, 1.165) is 12.1 Å². The van der Waals surface area contributed by atoms with Crippen LogP contribution in [0.25, 0.3) is 0 Å². The first kappa shape index (κ1) is 10.6. The highest BCUT2D eigenvalue weighted by molar-refractivity contribution is 8.00. The maximum absolute atomic E-state index is 12.8. The van der Waals surface area contributed by atoms with E-state index < -0.39 is 0 Å². The monoisotopic (exact) mass is 237 g/mol. The number of nitrogens with one attached hydrogen (secondary N) is 1. The molecular formula is C13H16FNS. The van der Waals surface area contributed by atoms with Gasteiger partial charge in [0, 0.05) is 22.2 Å². The predicted octanol–water partition coefficient (Wildman–Crippen LogP) is 3.20. The molecule has 0 aliphatic carbocycles. The van der Waals surface area contributed by atoms with E-state index in [4.69, 9.17) is 0 Å². The molecule has 0 saturated carbocycles. The minimum atomic E-state index is -0.144. The first-order valence-corrected chi connectivity index (χ1v) is 6.86. The summed E-state index contributed by atoms with van der Waals surface area (Å²) in [6.45, 7) is 0. The van der Waals surface area contributed by atoms with Crippen molar-refractivity contribution in [3.63, 3.8) is 0 Å². The lowest BCUT2D eigenvalue weighted by Gasteiger charge is -2.28.